The van der Waals surface area contributed by atoms with E-state index in [1.54, 1.807) is 6.07 Å². The average molecular weight is 326 g/mol. The summed E-state index contributed by atoms with van der Waals surface area (Å²) >= 11 is 0. The highest BCUT2D eigenvalue weighted by molar-refractivity contribution is 6.04. The molecule has 0 aliphatic carbocycles. The minimum absolute atomic E-state index is 0.0380. The number of imidazole rings is 1. The molecule has 0 spiro atoms. The zero-order chi connectivity index (χ0) is 16.5. The molecule has 2 aromatic heterocycles. The number of H-pyrrole nitrogens is 1. The SMILES string of the molecule is NCc1cc(C(=O)Nc2ccc3nc(C4CCCO4)[nH]c3c2)co1. The predicted molar refractivity (Wildman–Crippen MR) is 88.6 cm³/mol. The van der Waals surface area contributed by atoms with Gasteiger partial charge in [0.05, 0.1) is 23.1 Å². The van der Waals surface area contributed by atoms with Crippen LogP contribution in [0, 0.1) is 0 Å². The van der Waals surface area contributed by atoms with E-state index in [9.17, 15) is 4.79 Å². The Balaban J connectivity index is 1.54. The lowest BCUT2D eigenvalue weighted by molar-refractivity contribution is 0.102. The van der Waals surface area contributed by atoms with Gasteiger partial charge in [0, 0.05) is 12.3 Å². The number of fused-ring (bicyclic) bond motifs is 1. The van der Waals surface area contributed by atoms with Crippen molar-refractivity contribution in [3.63, 3.8) is 0 Å². The molecule has 3 heterocycles. The highest BCUT2D eigenvalue weighted by atomic mass is 16.5. The van der Waals surface area contributed by atoms with Gasteiger partial charge in [-0.25, -0.2) is 4.98 Å². The topological polar surface area (TPSA) is 106 Å². The molecule has 1 unspecified atom stereocenters. The molecule has 1 aliphatic heterocycles. The van der Waals surface area contributed by atoms with E-state index in [1.165, 1.54) is 6.26 Å². The van der Waals surface area contributed by atoms with Crippen molar-refractivity contribution in [2.75, 3.05) is 11.9 Å². The third-order valence-electron chi connectivity index (χ3n) is 4.11. The first kappa shape index (κ1) is 14.9. The van der Waals surface area contributed by atoms with E-state index < -0.39 is 0 Å². The second-order valence-electron chi connectivity index (χ2n) is 5.82. The van der Waals surface area contributed by atoms with Crippen molar-refractivity contribution in [2.45, 2.75) is 25.5 Å². The van der Waals surface area contributed by atoms with Crippen LogP contribution in [0.1, 0.15) is 40.9 Å². The fraction of sp³-hybridized carbons (Fsp3) is 0.294. The molecule has 1 aliphatic rings. The molecule has 0 saturated carbocycles. The lowest BCUT2D eigenvalue weighted by atomic mass is 10.2. The van der Waals surface area contributed by atoms with Crippen molar-refractivity contribution in [2.24, 2.45) is 5.73 Å². The van der Waals surface area contributed by atoms with Gasteiger partial charge in [-0.3, -0.25) is 4.79 Å². The van der Waals surface area contributed by atoms with Crippen LogP contribution in [-0.4, -0.2) is 22.5 Å². The van der Waals surface area contributed by atoms with Crippen LogP contribution in [-0.2, 0) is 11.3 Å². The van der Waals surface area contributed by atoms with Crippen molar-refractivity contribution < 1.29 is 13.9 Å². The number of aromatic amines is 1. The molecule has 1 aromatic carbocycles. The van der Waals surface area contributed by atoms with Crippen LogP contribution in [0.3, 0.4) is 0 Å². The van der Waals surface area contributed by atoms with E-state index in [1.807, 2.05) is 18.2 Å². The van der Waals surface area contributed by atoms with Crippen molar-refractivity contribution in [3.8, 4) is 0 Å². The van der Waals surface area contributed by atoms with Gasteiger partial charge < -0.3 is 25.2 Å². The number of nitrogens with two attached hydrogens (primary N) is 1. The molecule has 1 saturated heterocycles. The summed E-state index contributed by atoms with van der Waals surface area (Å²) in [6.07, 6.45) is 3.48. The van der Waals surface area contributed by atoms with Crippen LogP contribution in [0.5, 0.6) is 0 Å². The summed E-state index contributed by atoms with van der Waals surface area (Å²) in [5, 5.41) is 2.85. The lowest BCUT2D eigenvalue weighted by Crippen LogP contribution is -2.10. The van der Waals surface area contributed by atoms with Crippen LogP contribution in [0.25, 0.3) is 11.0 Å². The summed E-state index contributed by atoms with van der Waals surface area (Å²) in [5.41, 5.74) is 8.34. The van der Waals surface area contributed by atoms with Crippen LogP contribution in [0.2, 0.25) is 0 Å². The molecule has 24 heavy (non-hydrogen) atoms. The summed E-state index contributed by atoms with van der Waals surface area (Å²) in [6, 6.07) is 7.20. The van der Waals surface area contributed by atoms with E-state index in [2.05, 4.69) is 15.3 Å². The van der Waals surface area contributed by atoms with Gasteiger partial charge in [0.25, 0.3) is 5.91 Å². The fourth-order valence-electron chi connectivity index (χ4n) is 2.86. The highest BCUT2D eigenvalue weighted by Crippen LogP contribution is 2.28. The molecule has 7 heteroatoms. The molecule has 1 amide bonds. The monoisotopic (exact) mass is 326 g/mol. The molecule has 4 N–H and O–H groups in total. The normalized spacial score (nSPS) is 17.5. The maximum absolute atomic E-state index is 12.2. The fourth-order valence-corrected chi connectivity index (χ4v) is 2.86. The van der Waals surface area contributed by atoms with Crippen LogP contribution in [0.15, 0.2) is 34.9 Å². The quantitative estimate of drug-likeness (QED) is 0.683. The van der Waals surface area contributed by atoms with Crippen molar-refractivity contribution in [3.05, 3.63) is 47.7 Å². The standard InChI is InChI=1S/C17H18N4O3/c18-8-12-6-10(9-24-12)17(22)19-11-3-4-13-14(7-11)21-16(20-13)15-2-1-5-23-15/h3-4,6-7,9,15H,1-2,5,8,18H2,(H,19,22)(H,20,21). The van der Waals surface area contributed by atoms with Crippen molar-refractivity contribution >= 4 is 22.6 Å². The van der Waals surface area contributed by atoms with Crippen LogP contribution >= 0.6 is 0 Å². The number of nitrogens with zero attached hydrogens (tertiary/aromatic N) is 1. The first-order chi connectivity index (χ1) is 11.7. The molecule has 1 atom stereocenters. The zero-order valence-corrected chi connectivity index (χ0v) is 13.0. The molecular weight excluding hydrogens is 308 g/mol. The summed E-state index contributed by atoms with van der Waals surface area (Å²) in [7, 11) is 0. The van der Waals surface area contributed by atoms with Gasteiger partial charge in [0.2, 0.25) is 0 Å². The van der Waals surface area contributed by atoms with E-state index in [-0.39, 0.29) is 18.6 Å². The average Bonchev–Trinajstić information content (AvgIpc) is 3.32. The lowest BCUT2D eigenvalue weighted by Gasteiger charge is -2.03. The first-order valence-electron chi connectivity index (χ1n) is 7.93. The molecule has 1 fully saturated rings. The van der Waals surface area contributed by atoms with Gasteiger partial charge >= 0.3 is 0 Å². The summed E-state index contributed by atoms with van der Waals surface area (Å²) in [5.74, 6) is 1.18. The van der Waals surface area contributed by atoms with E-state index >= 15 is 0 Å². The smallest absolute Gasteiger partial charge is 0.258 e. The van der Waals surface area contributed by atoms with Gasteiger partial charge in [-0.15, -0.1) is 0 Å². The number of hydrogen-bond donors (Lipinski definition) is 3. The number of amides is 1. The largest absolute Gasteiger partial charge is 0.467 e. The molecule has 7 nitrogen and oxygen atoms in total. The second kappa shape index (κ2) is 6.10. The Morgan fingerprint density at radius 2 is 2.33 bits per heavy atom. The molecule has 0 radical (unpaired) electrons. The second-order valence-corrected chi connectivity index (χ2v) is 5.82. The van der Waals surface area contributed by atoms with Crippen LogP contribution in [0.4, 0.5) is 5.69 Å². The number of nitrogens with one attached hydrogen (secondary N) is 2. The number of furan rings is 1. The Morgan fingerprint density at radius 3 is 3.08 bits per heavy atom. The number of carbonyl (C=O) groups excluding carboxylic acids is 1. The third-order valence-corrected chi connectivity index (χ3v) is 4.11. The summed E-state index contributed by atoms with van der Waals surface area (Å²) < 4.78 is 10.8. The van der Waals surface area contributed by atoms with Gasteiger partial charge in [0.15, 0.2) is 0 Å². The number of anilines is 1. The highest BCUT2D eigenvalue weighted by Gasteiger charge is 2.21. The maximum Gasteiger partial charge on any atom is 0.258 e. The number of rotatable bonds is 4. The maximum atomic E-state index is 12.2. The Bertz CT molecular complexity index is 877. The Morgan fingerprint density at radius 1 is 1.42 bits per heavy atom. The third kappa shape index (κ3) is 2.79. The first-order valence-corrected chi connectivity index (χ1v) is 7.93. The Labute approximate surface area is 138 Å². The predicted octanol–water partition coefficient (Wildman–Crippen LogP) is 2.72. The van der Waals surface area contributed by atoms with Crippen LogP contribution < -0.4 is 11.1 Å². The van der Waals surface area contributed by atoms with E-state index in [4.69, 9.17) is 14.9 Å². The van der Waals surface area contributed by atoms with Gasteiger partial charge in [-0.05, 0) is 37.1 Å². The number of carbonyl (C=O) groups is 1. The van der Waals surface area contributed by atoms with Gasteiger partial charge in [0.1, 0.15) is 24.0 Å². The van der Waals surface area contributed by atoms with Gasteiger partial charge in [-0.1, -0.05) is 0 Å². The molecule has 4 rings (SSSR count). The zero-order valence-electron chi connectivity index (χ0n) is 13.0. The molecule has 3 aromatic rings. The number of benzene rings is 1. The molecular formula is C17H18N4O3. The van der Waals surface area contributed by atoms with Crippen molar-refractivity contribution in [1.29, 1.82) is 0 Å². The number of aromatic nitrogens is 2. The number of ether oxygens (including phenoxy) is 1. The minimum atomic E-state index is -0.239. The Hall–Kier alpha value is -2.64. The van der Waals surface area contributed by atoms with Gasteiger partial charge in [-0.2, -0.15) is 0 Å². The summed E-state index contributed by atoms with van der Waals surface area (Å²) in [6.45, 7) is 1.04. The Kier molecular flexibility index (Phi) is 3.79. The van der Waals surface area contributed by atoms with E-state index in [0.717, 1.165) is 36.3 Å². The molecule has 124 valence electrons. The summed E-state index contributed by atoms with van der Waals surface area (Å²) in [4.78, 5) is 20.1. The van der Waals surface area contributed by atoms with Crippen molar-refractivity contribution in [1.82, 2.24) is 9.97 Å². The number of hydrogen-bond acceptors (Lipinski definition) is 5. The minimum Gasteiger partial charge on any atom is -0.467 e. The molecule has 0 bridgehead atoms. The van der Waals surface area contributed by atoms with E-state index in [0.29, 0.717) is 17.0 Å².